The van der Waals surface area contributed by atoms with Gasteiger partial charge in [-0.05, 0) is 43.9 Å². The van der Waals surface area contributed by atoms with Crippen molar-refractivity contribution in [3.63, 3.8) is 0 Å². The van der Waals surface area contributed by atoms with Gasteiger partial charge < -0.3 is 20.5 Å². The highest BCUT2D eigenvalue weighted by molar-refractivity contribution is 5.89. The third-order valence-corrected chi connectivity index (χ3v) is 4.57. The molecule has 3 N–H and O–H groups in total. The Bertz CT molecular complexity index is 753. The molecule has 1 aromatic carbocycles. The highest BCUT2D eigenvalue weighted by Gasteiger charge is 2.43. The van der Waals surface area contributed by atoms with Gasteiger partial charge in [0.15, 0.2) is 0 Å². The highest BCUT2D eigenvalue weighted by atomic mass is 19.4. The van der Waals surface area contributed by atoms with Crippen LogP contribution >= 0.6 is 0 Å². The largest absolute Gasteiger partial charge is 0.481 e. The normalized spacial score (nSPS) is 11.9. The number of ether oxygens (including phenoxy) is 1. The average Bonchev–Trinajstić information content (AvgIpc) is 2.69. The summed E-state index contributed by atoms with van der Waals surface area (Å²) >= 11 is 0. The van der Waals surface area contributed by atoms with E-state index >= 15 is 0 Å². The minimum atomic E-state index is -5.22. The SMILES string of the molecule is O=C(O)CCCCCCCOCCCCNC(=O)Nc1ccc(C(F)(F)F)c(C(F)(F)F)c1. The molecule has 6 nitrogen and oxygen atoms in total. The molecular weight excluding hydrogens is 458 g/mol. The van der Waals surface area contributed by atoms with Crippen molar-refractivity contribution < 1.29 is 45.8 Å². The zero-order valence-electron chi connectivity index (χ0n) is 17.9. The van der Waals surface area contributed by atoms with Gasteiger partial charge in [-0.15, -0.1) is 0 Å². The van der Waals surface area contributed by atoms with Crippen molar-refractivity contribution in [3.05, 3.63) is 29.3 Å². The molecular formula is C21H28F6N2O4. The summed E-state index contributed by atoms with van der Waals surface area (Å²) in [7, 11) is 0. The number of rotatable bonds is 14. The van der Waals surface area contributed by atoms with Gasteiger partial charge in [-0.25, -0.2) is 4.79 Å². The minimum Gasteiger partial charge on any atom is -0.481 e. The predicted molar refractivity (Wildman–Crippen MR) is 109 cm³/mol. The van der Waals surface area contributed by atoms with E-state index in [2.05, 4.69) is 10.6 Å². The predicted octanol–water partition coefficient (Wildman–Crippen LogP) is 6.07. The lowest BCUT2D eigenvalue weighted by Crippen LogP contribution is -2.30. The van der Waals surface area contributed by atoms with E-state index in [9.17, 15) is 35.9 Å². The first-order valence-corrected chi connectivity index (χ1v) is 10.5. The van der Waals surface area contributed by atoms with Gasteiger partial charge in [0.25, 0.3) is 0 Å². The summed E-state index contributed by atoms with van der Waals surface area (Å²) < 4.78 is 82.5. The van der Waals surface area contributed by atoms with Gasteiger partial charge in [0.1, 0.15) is 0 Å². The van der Waals surface area contributed by atoms with Crippen LogP contribution in [0, 0.1) is 0 Å². The topological polar surface area (TPSA) is 87.7 Å². The second-order valence-electron chi connectivity index (χ2n) is 7.37. The maximum absolute atomic E-state index is 12.9. The first-order chi connectivity index (χ1) is 15.4. The van der Waals surface area contributed by atoms with E-state index in [1.54, 1.807) is 0 Å². The summed E-state index contributed by atoms with van der Waals surface area (Å²) in [6.07, 6.45) is -4.75. The van der Waals surface area contributed by atoms with Gasteiger partial charge in [0.05, 0.1) is 11.1 Å². The third-order valence-electron chi connectivity index (χ3n) is 4.57. The van der Waals surface area contributed by atoms with Crippen LogP contribution in [-0.4, -0.2) is 36.9 Å². The number of urea groups is 1. The molecule has 0 saturated carbocycles. The summed E-state index contributed by atoms with van der Waals surface area (Å²) in [6, 6.07) is 0.470. The molecule has 0 unspecified atom stereocenters. The Morgan fingerprint density at radius 2 is 1.39 bits per heavy atom. The smallest absolute Gasteiger partial charge is 0.417 e. The molecule has 188 valence electrons. The summed E-state index contributed by atoms with van der Waals surface area (Å²) in [4.78, 5) is 22.2. The molecule has 0 heterocycles. The Labute approximate surface area is 187 Å². The number of hydrogen-bond donors (Lipinski definition) is 3. The molecule has 0 aliphatic rings. The number of anilines is 1. The first kappa shape index (κ1) is 28.5. The number of hydrogen-bond acceptors (Lipinski definition) is 3. The number of aliphatic carboxylic acids is 1. The molecule has 0 spiro atoms. The van der Waals surface area contributed by atoms with E-state index in [4.69, 9.17) is 9.84 Å². The Hall–Kier alpha value is -2.50. The molecule has 33 heavy (non-hydrogen) atoms. The van der Waals surface area contributed by atoms with Crippen LogP contribution in [0.5, 0.6) is 0 Å². The van der Waals surface area contributed by atoms with Crippen LogP contribution in [0.3, 0.4) is 0 Å². The zero-order chi connectivity index (χ0) is 24.9. The monoisotopic (exact) mass is 486 g/mol. The molecule has 0 atom stereocenters. The van der Waals surface area contributed by atoms with E-state index in [1.165, 1.54) is 0 Å². The second kappa shape index (κ2) is 13.9. The number of amides is 2. The van der Waals surface area contributed by atoms with Gasteiger partial charge >= 0.3 is 24.4 Å². The third kappa shape index (κ3) is 12.4. The lowest BCUT2D eigenvalue weighted by molar-refractivity contribution is -0.162. The minimum absolute atomic E-state index is 0.182. The fourth-order valence-electron chi connectivity index (χ4n) is 2.92. The van der Waals surface area contributed by atoms with Crippen molar-refractivity contribution in [2.24, 2.45) is 0 Å². The Balaban J connectivity index is 2.21. The van der Waals surface area contributed by atoms with Crippen LogP contribution in [0.25, 0.3) is 0 Å². The number of carbonyl (C=O) groups excluding carboxylic acids is 1. The van der Waals surface area contributed by atoms with Crippen LogP contribution in [0.4, 0.5) is 36.8 Å². The molecule has 0 aliphatic heterocycles. The lowest BCUT2D eigenvalue weighted by atomic mass is 10.1. The summed E-state index contributed by atoms with van der Waals surface area (Å²) in [5, 5.41) is 13.0. The van der Waals surface area contributed by atoms with Crippen molar-refractivity contribution >= 4 is 17.7 Å². The molecule has 12 heteroatoms. The lowest BCUT2D eigenvalue weighted by Gasteiger charge is -2.17. The highest BCUT2D eigenvalue weighted by Crippen LogP contribution is 2.41. The molecule has 0 aliphatic carbocycles. The molecule has 0 saturated heterocycles. The summed E-state index contributed by atoms with van der Waals surface area (Å²) in [5.41, 5.74) is -4.09. The Kier molecular flexibility index (Phi) is 12.0. The summed E-state index contributed by atoms with van der Waals surface area (Å²) in [5.74, 6) is -0.791. The molecule has 0 radical (unpaired) electrons. The maximum Gasteiger partial charge on any atom is 0.417 e. The van der Waals surface area contributed by atoms with E-state index < -0.39 is 41.2 Å². The Morgan fingerprint density at radius 1 is 0.818 bits per heavy atom. The molecule has 2 amide bonds. The second-order valence-corrected chi connectivity index (χ2v) is 7.37. The van der Waals surface area contributed by atoms with Crippen LogP contribution < -0.4 is 10.6 Å². The standard InChI is InChI=1S/C21H28F6N2O4/c22-20(23,24)16-10-9-15(14-17(16)21(25,26)27)29-19(32)28-11-5-7-13-33-12-6-3-1-2-4-8-18(30)31/h9-10,14H,1-8,11-13H2,(H,30,31)(H2,28,29,32). The van der Waals surface area contributed by atoms with Gasteiger partial charge in [-0.3, -0.25) is 4.79 Å². The van der Waals surface area contributed by atoms with Crippen molar-refractivity contribution in [2.45, 2.75) is 63.7 Å². The van der Waals surface area contributed by atoms with Crippen LogP contribution in [-0.2, 0) is 21.9 Å². The number of carboxylic acids is 1. The summed E-state index contributed by atoms with van der Waals surface area (Å²) in [6.45, 7) is 1.25. The fourth-order valence-corrected chi connectivity index (χ4v) is 2.92. The average molecular weight is 486 g/mol. The van der Waals surface area contributed by atoms with Crippen molar-refractivity contribution in [1.82, 2.24) is 5.32 Å². The number of unbranched alkanes of at least 4 members (excludes halogenated alkanes) is 5. The molecule has 1 aromatic rings. The van der Waals surface area contributed by atoms with E-state index in [-0.39, 0.29) is 25.1 Å². The number of carboxylic acid groups (broad SMARTS) is 1. The number of carbonyl (C=O) groups is 2. The Morgan fingerprint density at radius 3 is 2.00 bits per heavy atom. The van der Waals surface area contributed by atoms with Crippen molar-refractivity contribution in [3.8, 4) is 0 Å². The van der Waals surface area contributed by atoms with Gasteiger partial charge in [-0.2, -0.15) is 26.3 Å². The van der Waals surface area contributed by atoms with E-state index in [0.717, 1.165) is 31.7 Å². The van der Waals surface area contributed by atoms with Crippen LogP contribution in [0.2, 0.25) is 0 Å². The van der Waals surface area contributed by atoms with E-state index in [0.29, 0.717) is 32.5 Å². The van der Waals surface area contributed by atoms with Crippen LogP contribution in [0.15, 0.2) is 18.2 Å². The fraction of sp³-hybridized carbons (Fsp3) is 0.619. The maximum atomic E-state index is 12.9. The number of nitrogens with one attached hydrogen (secondary N) is 2. The number of halogens is 6. The molecule has 1 rings (SSSR count). The number of alkyl halides is 6. The molecule has 0 fully saturated rings. The van der Waals surface area contributed by atoms with Gasteiger partial charge in [0, 0.05) is 31.9 Å². The van der Waals surface area contributed by atoms with Gasteiger partial charge in [-0.1, -0.05) is 19.3 Å². The van der Waals surface area contributed by atoms with Crippen molar-refractivity contribution in [2.75, 3.05) is 25.1 Å². The van der Waals surface area contributed by atoms with Gasteiger partial charge in [0.2, 0.25) is 0 Å². The van der Waals surface area contributed by atoms with Crippen molar-refractivity contribution in [1.29, 1.82) is 0 Å². The molecule has 0 aromatic heterocycles. The first-order valence-electron chi connectivity index (χ1n) is 10.5. The zero-order valence-corrected chi connectivity index (χ0v) is 17.9. The molecule has 0 bridgehead atoms. The van der Waals surface area contributed by atoms with Crippen LogP contribution in [0.1, 0.15) is 62.5 Å². The number of benzene rings is 1. The van der Waals surface area contributed by atoms with E-state index in [1.807, 2.05) is 0 Å². The quantitative estimate of drug-likeness (QED) is 0.220.